The average molecular weight is 302 g/mol. The number of nitrogens with zero attached hydrogens (tertiary/aromatic N) is 1. The summed E-state index contributed by atoms with van der Waals surface area (Å²) in [6.07, 6.45) is -4.34. The fourth-order valence-electron chi connectivity index (χ4n) is 1.64. The molecule has 0 fully saturated rings. The zero-order valence-corrected chi connectivity index (χ0v) is 12.7. The maximum atomic E-state index is 12.4. The molecule has 0 spiro atoms. The molecule has 1 amide bonds. The van der Waals surface area contributed by atoms with Crippen LogP contribution in [0.25, 0.3) is 0 Å². The number of hydrogen-bond donors (Lipinski definition) is 1. The van der Waals surface area contributed by atoms with Crippen LogP contribution < -0.4 is 5.32 Å². The van der Waals surface area contributed by atoms with Gasteiger partial charge in [-0.1, -0.05) is 12.1 Å². The van der Waals surface area contributed by atoms with Crippen molar-refractivity contribution in [1.29, 1.82) is 0 Å². The lowest BCUT2D eigenvalue weighted by Gasteiger charge is -2.23. The monoisotopic (exact) mass is 302 g/mol. The Hall–Kier alpha value is -1.56. The van der Waals surface area contributed by atoms with Gasteiger partial charge in [-0.2, -0.15) is 13.2 Å². The van der Waals surface area contributed by atoms with Crippen LogP contribution in [0.5, 0.6) is 0 Å². The fraction of sp³-hybridized carbons (Fsp3) is 0.533. The van der Waals surface area contributed by atoms with E-state index in [1.165, 1.54) is 17.0 Å². The van der Waals surface area contributed by atoms with E-state index in [2.05, 4.69) is 5.32 Å². The van der Waals surface area contributed by atoms with Crippen LogP contribution >= 0.6 is 0 Å². The Labute approximate surface area is 123 Å². The lowest BCUT2D eigenvalue weighted by atomic mass is 10.1. The highest BCUT2D eigenvalue weighted by molar-refractivity contribution is 5.78. The molecule has 0 heterocycles. The summed E-state index contributed by atoms with van der Waals surface area (Å²) in [4.78, 5) is 13.4. The number of halogens is 3. The molecule has 0 aliphatic heterocycles. The number of carbonyl (C=O) groups is 1. The van der Waals surface area contributed by atoms with Crippen molar-refractivity contribution in [3.63, 3.8) is 0 Å². The number of hydrogen-bond acceptors (Lipinski definition) is 2. The molecule has 1 aromatic carbocycles. The van der Waals surface area contributed by atoms with Gasteiger partial charge >= 0.3 is 6.18 Å². The first-order valence-corrected chi connectivity index (χ1v) is 6.64. The van der Waals surface area contributed by atoms with Gasteiger partial charge in [0.2, 0.25) is 5.91 Å². The highest BCUT2D eigenvalue weighted by Crippen LogP contribution is 2.29. The maximum absolute atomic E-state index is 12.4. The summed E-state index contributed by atoms with van der Waals surface area (Å²) >= 11 is 0. The molecule has 0 saturated carbocycles. The second-order valence-electron chi connectivity index (χ2n) is 6.05. The minimum atomic E-state index is -4.34. The third kappa shape index (κ3) is 6.16. The lowest BCUT2D eigenvalue weighted by Crippen LogP contribution is -2.43. The van der Waals surface area contributed by atoms with Crippen molar-refractivity contribution in [2.45, 2.75) is 39.0 Å². The van der Waals surface area contributed by atoms with Crippen molar-refractivity contribution in [2.24, 2.45) is 0 Å². The molecule has 0 aliphatic carbocycles. The highest BCUT2D eigenvalue weighted by Gasteiger charge is 2.29. The first-order chi connectivity index (χ1) is 9.49. The Bertz CT molecular complexity index is 475. The second-order valence-corrected chi connectivity index (χ2v) is 6.05. The maximum Gasteiger partial charge on any atom is 0.416 e. The number of likely N-dealkylation sites (N-methyl/N-ethyl adjacent to an activating group) is 1. The number of amides is 1. The van der Waals surface area contributed by atoms with Crippen molar-refractivity contribution >= 4 is 5.91 Å². The minimum absolute atomic E-state index is 0.107. The molecule has 21 heavy (non-hydrogen) atoms. The van der Waals surface area contributed by atoms with Gasteiger partial charge in [-0.05, 0) is 38.5 Å². The molecule has 0 radical (unpaired) electrons. The number of nitrogens with one attached hydrogen (secondary N) is 1. The van der Waals surface area contributed by atoms with E-state index in [0.29, 0.717) is 5.56 Å². The Kier molecular flexibility index (Phi) is 5.39. The number of rotatable bonds is 4. The molecule has 0 atom stereocenters. The smallest absolute Gasteiger partial charge is 0.340 e. The van der Waals surface area contributed by atoms with E-state index in [-0.39, 0.29) is 24.5 Å². The molecule has 1 N–H and O–H groups in total. The number of benzene rings is 1. The van der Waals surface area contributed by atoms with E-state index in [9.17, 15) is 18.0 Å². The average Bonchev–Trinajstić information content (AvgIpc) is 2.34. The molecule has 1 aromatic rings. The molecule has 3 nitrogen and oxygen atoms in total. The van der Waals surface area contributed by atoms with E-state index >= 15 is 0 Å². The summed E-state index contributed by atoms with van der Waals surface area (Å²) in [5.41, 5.74) is -0.186. The third-order valence-corrected chi connectivity index (χ3v) is 2.90. The predicted molar refractivity (Wildman–Crippen MR) is 75.7 cm³/mol. The second kappa shape index (κ2) is 6.47. The van der Waals surface area contributed by atoms with Crippen LogP contribution in [0.1, 0.15) is 31.9 Å². The molecule has 0 aromatic heterocycles. The van der Waals surface area contributed by atoms with Crippen molar-refractivity contribution in [3.05, 3.63) is 35.4 Å². The van der Waals surface area contributed by atoms with Crippen molar-refractivity contribution in [3.8, 4) is 0 Å². The van der Waals surface area contributed by atoms with Crippen LogP contribution in [0.15, 0.2) is 24.3 Å². The van der Waals surface area contributed by atoms with E-state index in [4.69, 9.17) is 0 Å². The van der Waals surface area contributed by atoms with Crippen LogP contribution in [-0.4, -0.2) is 29.9 Å². The van der Waals surface area contributed by atoms with Crippen LogP contribution in [0.2, 0.25) is 0 Å². The summed E-state index contributed by atoms with van der Waals surface area (Å²) in [7, 11) is 1.63. The predicted octanol–water partition coefficient (Wildman–Crippen LogP) is 3.05. The molecule has 0 aliphatic rings. The van der Waals surface area contributed by atoms with Gasteiger partial charge in [-0.3, -0.25) is 4.79 Å². The minimum Gasteiger partial charge on any atom is -0.340 e. The number of carbonyl (C=O) groups excluding carboxylic acids is 1. The van der Waals surface area contributed by atoms with E-state index in [1.54, 1.807) is 7.05 Å². The Morgan fingerprint density at radius 1 is 1.14 bits per heavy atom. The Morgan fingerprint density at radius 3 is 2.10 bits per heavy atom. The van der Waals surface area contributed by atoms with Gasteiger partial charge in [-0.15, -0.1) is 0 Å². The molecular weight excluding hydrogens is 281 g/mol. The van der Waals surface area contributed by atoms with Crippen LogP contribution in [0.3, 0.4) is 0 Å². The third-order valence-electron chi connectivity index (χ3n) is 2.90. The van der Waals surface area contributed by atoms with Gasteiger partial charge in [-0.25, -0.2) is 0 Å². The molecule has 118 valence electrons. The highest BCUT2D eigenvalue weighted by atomic mass is 19.4. The van der Waals surface area contributed by atoms with Crippen molar-refractivity contribution in [2.75, 3.05) is 13.6 Å². The summed E-state index contributed by atoms with van der Waals surface area (Å²) in [6, 6.07) is 4.84. The first kappa shape index (κ1) is 17.5. The zero-order chi connectivity index (χ0) is 16.3. The number of alkyl halides is 3. The quantitative estimate of drug-likeness (QED) is 0.927. The lowest BCUT2D eigenvalue weighted by molar-refractivity contribution is -0.137. The van der Waals surface area contributed by atoms with Crippen LogP contribution in [-0.2, 0) is 17.5 Å². The molecule has 6 heteroatoms. The van der Waals surface area contributed by atoms with E-state index in [1.807, 2.05) is 20.8 Å². The normalized spacial score (nSPS) is 12.3. The Morgan fingerprint density at radius 2 is 1.67 bits per heavy atom. The van der Waals surface area contributed by atoms with Crippen LogP contribution in [0.4, 0.5) is 13.2 Å². The van der Waals surface area contributed by atoms with Gasteiger partial charge in [0.15, 0.2) is 0 Å². The molecular formula is C15H21F3N2O. The fourth-order valence-corrected chi connectivity index (χ4v) is 1.64. The van der Waals surface area contributed by atoms with E-state index < -0.39 is 11.7 Å². The largest absolute Gasteiger partial charge is 0.416 e. The summed E-state index contributed by atoms with van der Waals surface area (Å²) in [5, 5.41) is 3.08. The van der Waals surface area contributed by atoms with Crippen LogP contribution in [0, 0.1) is 0 Å². The van der Waals surface area contributed by atoms with Gasteiger partial charge < -0.3 is 10.2 Å². The molecule has 0 bridgehead atoms. The molecule has 1 rings (SSSR count). The Balaban J connectivity index is 2.58. The summed E-state index contributed by atoms with van der Waals surface area (Å²) < 4.78 is 37.3. The molecule has 0 saturated heterocycles. The van der Waals surface area contributed by atoms with Gasteiger partial charge in [0, 0.05) is 19.1 Å². The van der Waals surface area contributed by atoms with Gasteiger partial charge in [0.05, 0.1) is 12.1 Å². The summed E-state index contributed by atoms with van der Waals surface area (Å²) in [5.74, 6) is -0.107. The summed E-state index contributed by atoms with van der Waals surface area (Å²) in [6.45, 7) is 6.34. The van der Waals surface area contributed by atoms with Gasteiger partial charge in [0.25, 0.3) is 0 Å². The zero-order valence-electron chi connectivity index (χ0n) is 12.7. The topological polar surface area (TPSA) is 32.3 Å². The standard InChI is InChI=1S/C15H21F3N2O/c1-14(2,3)19-9-13(21)20(4)10-11-5-7-12(8-6-11)15(16,17)18/h5-8,19H,9-10H2,1-4H3. The van der Waals surface area contributed by atoms with Crippen molar-refractivity contribution in [1.82, 2.24) is 10.2 Å². The SMILES string of the molecule is CN(Cc1ccc(C(F)(F)F)cc1)C(=O)CNC(C)(C)C. The first-order valence-electron chi connectivity index (χ1n) is 6.64. The molecule has 0 unspecified atom stereocenters. The van der Waals surface area contributed by atoms with Gasteiger partial charge in [0.1, 0.15) is 0 Å². The van der Waals surface area contributed by atoms with E-state index in [0.717, 1.165) is 12.1 Å². The van der Waals surface area contributed by atoms with Crippen molar-refractivity contribution < 1.29 is 18.0 Å².